The number of hydrogen-bond donors (Lipinski definition) is 1. The molecule has 6 nitrogen and oxygen atoms in total. The van der Waals surface area contributed by atoms with Crippen LogP contribution in [0.4, 0.5) is 0 Å². The molecule has 2 amide bonds. The van der Waals surface area contributed by atoms with Crippen LogP contribution in [0, 0.1) is 13.8 Å². The van der Waals surface area contributed by atoms with Gasteiger partial charge in [-0.15, -0.1) is 0 Å². The van der Waals surface area contributed by atoms with Gasteiger partial charge >= 0.3 is 0 Å². The van der Waals surface area contributed by atoms with Crippen molar-refractivity contribution in [2.24, 2.45) is 0 Å². The third-order valence-corrected chi connectivity index (χ3v) is 3.40. The van der Waals surface area contributed by atoms with Crippen LogP contribution in [-0.2, 0) is 16.1 Å². The summed E-state index contributed by atoms with van der Waals surface area (Å²) in [7, 11) is 0. The maximum atomic E-state index is 12.0. The Morgan fingerprint density at radius 2 is 2.16 bits per heavy atom. The summed E-state index contributed by atoms with van der Waals surface area (Å²) in [5, 5.41) is 6.98. The molecular weight excluding hydrogens is 246 g/mol. The third kappa shape index (κ3) is 2.68. The quantitative estimate of drug-likeness (QED) is 0.801. The molecule has 2 rings (SSSR count). The van der Waals surface area contributed by atoms with E-state index >= 15 is 0 Å². The minimum absolute atomic E-state index is 0.0943. The highest BCUT2D eigenvalue weighted by molar-refractivity contribution is 6.05. The van der Waals surface area contributed by atoms with E-state index in [9.17, 15) is 9.59 Å². The smallest absolute Gasteiger partial charge is 0.246 e. The number of rotatable bonds is 5. The van der Waals surface area contributed by atoms with Gasteiger partial charge in [0.25, 0.3) is 0 Å². The average molecular weight is 265 g/mol. The number of hydrogen-bond acceptors (Lipinski definition) is 5. The standard InChI is InChI=1S/C13H19N3O3/c1-4-5-16-12(17)6-11(13(16)18)14-7-10-8(2)15-19-9(10)3/h11,14H,4-7H2,1-3H3. The summed E-state index contributed by atoms with van der Waals surface area (Å²) in [4.78, 5) is 25.1. The van der Waals surface area contributed by atoms with Gasteiger partial charge in [0.05, 0.1) is 18.2 Å². The number of aromatic nitrogens is 1. The van der Waals surface area contributed by atoms with Crippen molar-refractivity contribution in [2.75, 3.05) is 6.54 Å². The van der Waals surface area contributed by atoms with E-state index < -0.39 is 6.04 Å². The zero-order valence-corrected chi connectivity index (χ0v) is 11.5. The van der Waals surface area contributed by atoms with Crippen LogP contribution < -0.4 is 5.32 Å². The fourth-order valence-corrected chi connectivity index (χ4v) is 2.28. The first kappa shape index (κ1) is 13.7. The summed E-state index contributed by atoms with van der Waals surface area (Å²) in [5.74, 6) is 0.522. The van der Waals surface area contributed by atoms with Gasteiger partial charge in [-0.25, -0.2) is 0 Å². The van der Waals surface area contributed by atoms with E-state index in [-0.39, 0.29) is 18.2 Å². The Morgan fingerprint density at radius 3 is 2.74 bits per heavy atom. The zero-order valence-electron chi connectivity index (χ0n) is 11.5. The summed E-state index contributed by atoms with van der Waals surface area (Å²) in [6, 6.07) is -0.423. The van der Waals surface area contributed by atoms with Gasteiger partial charge in [-0.05, 0) is 20.3 Å². The number of likely N-dealkylation sites (tertiary alicyclic amines) is 1. The van der Waals surface area contributed by atoms with Crippen molar-refractivity contribution in [3.8, 4) is 0 Å². The van der Waals surface area contributed by atoms with Gasteiger partial charge < -0.3 is 9.84 Å². The van der Waals surface area contributed by atoms with Gasteiger partial charge in [-0.1, -0.05) is 12.1 Å². The molecule has 0 bridgehead atoms. The number of nitrogens with zero attached hydrogens (tertiary/aromatic N) is 2. The molecule has 0 aromatic carbocycles. The van der Waals surface area contributed by atoms with Crippen LogP contribution >= 0.6 is 0 Å². The summed E-state index contributed by atoms with van der Waals surface area (Å²) in [5.41, 5.74) is 1.77. The van der Waals surface area contributed by atoms with Gasteiger partial charge in [0.15, 0.2) is 0 Å². The number of imide groups is 1. The Morgan fingerprint density at radius 1 is 1.42 bits per heavy atom. The lowest BCUT2D eigenvalue weighted by Crippen LogP contribution is -2.38. The van der Waals surface area contributed by atoms with Crippen LogP contribution in [0.2, 0.25) is 0 Å². The van der Waals surface area contributed by atoms with Gasteiger partial charge in [-0.2, -0.15) is 0 Å². The number of carbonyl (C=O) groups excluding carboxylic acids is 2. The highest BCUT2D eigenvalue weighted by Crippen LogP contribution is 2.16. The Bertz CT molecular complexity index is 476. The second-order valence-electron chi connectivity index (χ2n) is 4.82. The van der Waals surface area contributed by atoms with Gasteiger partial charge in [-0.3, -0.25) is 14.5 Å². The summed E-state index contributed by atoms with van der Waals surface area (Å²) in [6.45, 7) is 6.64. The molecule has 1 aromatic rings. The van der Waals surface area contributed by atoms with Crippen molar-refractivity contribution < 1.29 is 14.1 Å². The lowest BCUT2D eigenvalue weighted by atomic mass is 10.2. The monoisotopic (exact) mass is 265 g/mol. The first-order chi connectivity index (χ1) is 9.04. The van der Waals surface area contributed by atoms with Crippen molar-refractivity contribution in [3.63, 3.8) is 0 Å². The van der Waals surface area contributed by atoms with Crippen LogP contribution in [0.25, 0.3) is 0 Å². The van der Waals surface area contributed by atoms with Crippen molar-refractivity contribution in [1.29, 1.82) is 0 Å². The average Bonchev–Trinajstić information content (AvgIpc) is 2.82. The molecule has 0 spiro atoms. The first-order valence-corrected chi connectivity index (χ1v) is 6.54. The molecule has 2 heterocycles. The molecule has 1 aliphatic rings. The summed E-state index contributed by atoms with van der Waals surface area (Å²) in [6.07, 6.45) is 1.02. The van der Waals surface area contributed by atoms with E-state index in [4.69, 9.17) is 4.52 Å². The SMILES string of the molecule is CCCN1C(=O)CC(NCc2c(C)noc2C)C1=O. The van der Waals surface area contributed by atoms with E-state index in [0.29, 0.717) is 13.1 Å². The predicted octanol–water partition coefficient (Wildman–Crippen LogP) is 0.919. The maximum absolute atomic E-state index is 12.0. The van der Waals surface area contributed by atoms with Crippen molar-refractivity contribution in [1.82, 2.24) is 15.4 Å². The van der Waals surface area contributed by atoms with Crippen molar-refractivity contribution in [2.45, 2.75) is 46.2 Å². The fourth-order valence-electron chi connectivity index (χ4n) is 2.28. The second kappa shape index (κ2) is 5.52. The van der Waals surface area contributed by atoms with Crippen LogP contribution in [0.15, 0.2) is 4.52 Å². The Balaban J connectivity index is 1.98. The molecule has 104 valence electrons. The van der Waals surface area contributed by atoms with E-state index in [1.807, 2.05) is 20.8 Å². The molecule has 1 aliphatic heterocycles. The number of aryl methyl sites for hydroxylation is 2. The molecular formula is C13H19N3O3. The lowest BCUT2D eigenvalue weighted by Gasteiger charge is -2.14. The molecule has 1 saturated heterocycles. The van der Waals surface area contributed by atoms with Crippen molar-refractivity contribution >= 4 is 11.8 Å². The number of amides is 2. The molecule has 6 heteroatoms. The normalized spacial score (nSPS) is 19.5. The van der Waals surface area contributed by atoms with E-state index in [1.54, 1.807) is 0 Å². The molecule has 19 heavy (non-hydrogen) atoms. The predicted molar refractivity (Wildman–Crippen MR) is 68.2 cm³/mol. The summed E-state index contributed by atoms with van der Waals surface area (Å²) < 4.78 is 5.07. The summed E-state index contributed by atoms with van der Waals surface area (Å²) >= 11 is 0. The minimum Gasteiger partial charge on any atom is -0.361 e. The molecule has 1 unspecified atom stereocenters. The number of carbonyl (C=O) groups is 2. The minimum atomic E-state index is -0.423. The highest BCUT2D eigenvalue weighted by atomic mass is 16.5. The van der Waals surface area contributed by atoms with Crippen LogP contribution in [-0.4, -0.2) is 34.5 Å². The molecule has 0 aliphatic carbocycles. The van der Waals surface area contributed by atoms with Crippen LogP contribution in [0.5, 0.6) is 0 Å². The lowest BCUT2D eigenvalue weighted by molar-refractivity contribution is -0.138. The first-order valence-electron chi connectivity index (χ1n) is 6.54. The van der Waals surface area contributed by atoms with Gasteiger partial charge in [0, 0.05) is 18.7 Å². The molecule has 1 N–H and O–H groups in total. The molecule has 1 atom stereocenters. The van der Waals surface area contributed by atoms with E-state index in [1.165, 1.54) is 4.90 Å². The third-order valence-electron chi connectivity index (χ3n) is 3.40. The zero-order chi connectivity index (χ0) is 14.0. The second-order valence-corrected chi connectivity index (χ2v) is 4.82. The van der Waals surface area contributed by atoms with Gasteiger partial charge in [0.1, 0.15) is 5.76 Å². The van der Waals surface area contributed by atoms with Crippen LogP contribution in [0.1, 0.15) is 36.8 Å². The van der Waals surface area contributed by atoms with Crippen molar-refractivity contribution in [3.05, 3.63) is 17.0 Å². The topological polar surface area (TPSA) is 75.4 Å². The molecule has 0 radical (unpaired) electrons. The van der Waals surface area contributed by atoms with Crippen LogP contribution in [0.3, 0.4) is 0 Å². The Kier molecular flexibility index (Phi) is 3.99. The highest BCUT2D eigenvalue weighted by Gasteiger charge is 2.37. The maximum Gasteiger partial charge on any atom is 0.246 e. The largest absolute Gasteiger partial charge is 0.361 e. The number of nitrogens with one attached hydrogen (secondary N) is 1. The van der Waals surface area contributed by atoms with Gasteiger partial charge in [0.2, 0.25) is 11.8 Å². The molecule has 1 fully saturated rings. The molecule has 0 saturated carbocycles. The Labute approximate surface area is 112 Å². The van der Waals surface area contributed by atoms with E-state index in [0.717, 1.165) is 23.4 Å². The van der Waals surface area contributed by atoms with E-state index in [2.05, 4.69) is 10.5 Å². The Hall–Kier alpha value is -1.69. The molecule has 1 aromatic heterocycles. The fraction of sp³-hybridized carbons (Fsp3) is 0.615.